The number of ether oxygens (including phenoxy) is 1. The molecule has 0 radical (unpaired) electrons. The van der Waals surface area contributed by atoms with Crippen molar-refractivity contribution in [1.29, 1.82) is 0 Å². The van der Waals surface area contributed by atoms with Gasteiger partial charge in [0.1, 0.15) is 5.75 Å². The number of carbonyl (C=O) groups excluding carboxylic acids is 1. The number of rotatable bonds is 2. The molecule has 0 heterocycles. The van der Waals surface area contributed by atoms with E-state index in [4.69, 9.17) is 4.74 Å². The Morgan fingerprint density at radius 2 is 1.89 bits per heavy atom. The van der Waals surface area contributed by atoms with Crippen molar-refractivity contribution in [1.82, 2.24) is 0 Å². The highest BCUT2D eigenvalue weighted by Gasteiger charge is 2.35. The lowest BCUT2D eigenvalue weighted by Crippen LogP contribution is -2.04. The topological polar surface area (TPSA) is 46.5 Å². The minimum absolute atomic E-state index is 0.121. The molecule has 94 valence electrons. The Labute approximate surface area is 106 Å². The van der Waals surface area contributed by atoms with Crippen molar-refractivity contribution >= 4 is 5.78 Å². The Morgan fingerprint density at radius 3 is 2.39 bits per heavy atom. The third-order valence-corrected chi connectivity index (χ3v) is 3.35. The van der Waals surface area contributed by atoms with Crippen LogP contribution in [0.25, 0.3) is 0 Å². The molecule has 0 amide bonds. The molecule has 0 aromatic heterocycles. The third kappa shape index (κ3) is 1.82. The molecular formula is C15H16O3. The zero-order valence-electron chi connectivity index (χ0n) is 10.7. The number of carbonyl (C=O) groups is 1. The van der Waals surface area contributed by atoms with Crippen LogP contribution in [0.15, 0.2) is 47.2 Å². The van der Waals surface area contributed by atoms with Crippen molar-refractivity contribution < 1.29 is 14.6 Å². The van der Waals surface area contributed by atoms with E-state index in [2.05, 4.69) is 0 Å². The van der Waals surface area contributed by atoms with Crippen LogP contribution >= 0.6 is 0 Å². The lowest BCUT2D eigenvalue weighted by molar-refractivity contribution is -0.114. The maximum absolute atomic E-state index is 11.9. The quantitative estimate of drug-likeness (QED) is 0.813. The summed E-state index contributed by atoms with van der Waals surface area (Å²) in [5, 5.41) is 9.76. The second-order valence-electron chi connectivity index (χ2n) is 4.31. The van der Waals surface area contributed by atoms with Crippen LogP contribution in [0.5, 0.6) is 5.75 Å². The summed E-state index contributed by atoms with van der Waals surface area (Å²) in [6, 6.07) is 7.55. The number of hydrogen-bond acceptors (Lipinski definition) is 3. The molecule has 0 saturated heterocycles. The van der Waals surface area contributed by atoms with E-state index in [1.165, 1.54) is 0 Å². The maximum Gasteiger partial charge on any atom is 0.223 e. The molecule has 0 spiro atoms. The summed E-state index contributed by atoms with van der Waals surface area (Å²) in [6.45, 7) is 3.61. The average molecular weight is 244 g/mol. The summed E-state index contributed by atoms with van der Waals surface area (Å²) in [6.07, 6.45) is 1.77. The Morgan fingerprint density at radius 1 is 1.28 bits per heavy atom. The first kappa shape index (κ1) is 12.4. The predicted octanol–water partition coefficient (Wildman–Crippen LogP) is 3.14. The normalized spacial score (nSPS) is 21.8. The van der Waals surface area contributed by atoms with Gasteiger partial charge in [0.25, 0.3) is 0 Å². The zero-order chi connectivity index (χ0) is 13.3. The van der Waals surface area contributed by atoms with Crippen LogP contribution in [0.3, 0.4) is 0 Å². The molecule has 0 fully saturated rings. The highest BCUT2D eigenvalue weighted by Crippen LogP contribution is 2.40. The molecule has 3 nitrogen and oxygen atoms in total. The van der Waals surface area contributed by atoms with Gasteiger partial charge in [-0.15, -0.1) is 0 Å². The van der Waals surface area contributed by atoms with Gasteiger partial charge in [-0.2, -0.15) is 0 Å². The number of hydrogen-bond donors (Lipinski definition) is 1. The van der Waals surface area contributed by atoms with Gasteiger partial charge in [-0.05, 0) is 37.1 Å². The van der Waals surface area contributed by atoms with Gasteiger partial charge in [0.05, 0.1) is 7.11 Å². The van der Waals surface area contributed by atoms with E-state index in [0.717, 1.165) is 11.3 Å². The number of Topliss-reactive ketones (excluding diaryl/α,β-unsaturated/α-hetero) is 1. The standard InChI is InChI=1S/C15H16O3/c1-4-12-13(9(2)14(16)15(12)17)10-5-7-11(18-3)8-6-10/h4-8,13,16H,1-3H3/b12-4+. The third-order valence-electron chi connectivity index (χ3n) is 3.35. The number of aliphatic hydroxyl groups is 1. The molecule has 1 unspecified atom stereocenters. The Balaban J connectivity index is 2.45. The molecule has 2 rings (SSSR count). The van der Waals surface area contributed by atoms with Gasteiger partial charge < -0.3 is 9.84 Å². The summed E-state index contributed by atoms with van der Waals surface area (Å²) < 4.78 is 5.11. The highest BCUT2D eigenvalue weighted by atomic mass is 16.5. The van der Waals surface area contributed by atoms with Crippen LogP contribution in [-0.4, -0.2) is 18.0 Å². The van der Waals surface area contributed by atoms with Gasteiger partial charge in [-0.25, -0.2) is 0 Å². The monoisotopic (exact) mass is 244 g/mol. The molecule has 1 aliphatic rings. The molecule has 0 bridgehead atoms. The first-order chi connectivity index (χ1) is 8.60. The minimum atomic E-state index is -0.268. The van der Waals surface area contributed by atoms with Crippen LogP contribution in [0.2, 0.25) is 0 Å². The molecule has 18 heavy (non-hydrogen) atoms. The fourth-order valence-corrected chi connectivity index (χ4v) is 2.34. The lowest BCUT2D eigenvalue weighted by atomic mass is 9.89. The summed E-state index contributed by atoms with van der Waals surface area (Å²) in [5.41, 5.74) is 2.33. The Kier molecular flexibility index (Phi) is 3.24. The van der Waals surface area contributed by atoms with Crippen molar-refractivity contribution in [3.63, 3.8) is 0 Å². The van der Waals surface area contributed by atoms with Crippen molar-refractivity contribution in [3.8, 4) is 5.75 Å². The molecule has 1 N–H and O–H groups in total. The van der Waals surface area contributed by atoms with Crippen LogP contribution in [0.1, 0.15) is 25.3 Å². The molecule has 0 saturated carbocycles. The number of ketones is 1. The van der Waals surface area contributed by atoms with Crippen LogP contribution in [-0.2, 0) is 4.79 Å². The highest BCUT2D eigenvalue weighted by molar-refractivity contribution is 6.11. The van der Waals surface area contributed by atoms with E-state index >= 15 is 0 Å². The molecule has 0 aliphatic heterocycles. The van der Waals surface area contributed by atoms with Gasteiger partial charge in [0.15, 0.2) is 5.76 Å². The van der Waals surface area contributed by atoms with Crippen molar-refractivity contribution in [2.75, 3.05) is 7.11 Å². The van der Waals surface area contributed by atoms with Crippen molar-refractivity contribution in [2.45, 2.75) is 19.8 Å². The molecular weight excluding hydrogens is 228 g/mol. The first-order valence-electron chi connectivity index (χ1n) is 5.84. The van der Waals surface area contributed by atoms with Crippen molar-refractivity contribution in [3.05, 3.63) is 52.8 Å². The minimum Gasteiger partial charge on any atom is -0.504 e. The number of methoxy groups -OCH3 is 1. The number of aliphatic hydroxyl groups excluding tert-OH is 1. The molecule has 1 aliphatic carbocycles. The first-order valence-corrected chi connectivity index (χ1v) is 5.84. The number of benzene rings is 1. The summed E-state index contributed by atoms with van der Waals surface area (Å²) in [7, 11) is 1.61. The zero-order valence-corrected chi connectivity index (χ0v) is 10.7. The van der Waals surface area contributed by atoms with E-state index in [1.807, 2.05) is 31.2 Å². The van der Waals surface area contributed by atoms with E-state index < -0.39 is 0 Å². The van der Waals surface area contributed by atoms with E-state index in [0.29, 0.717) is 11.1 Å². The molecule has 1 atom stereocenters. The molecule has 1 aromatic rings. The summed E-state index contributed by atoms with van der Waals surface area (Å²) >= 11 is 0. The Bertz CT molecular complexity index is 535. The van der Waals surface area contributed by atoms with Gasteiger partial charge in [0.2, 0.25) is 5.78 Å². The van der Waals surface area contributed by atoms with E-state index in [1.54, 1.807) is 20.1 Å². The van der Waals surface area contributed by atoms with Crippen LogP contribution in [0, 0.1) is 0 Å². The van der Waals surface area contributed by atoms with Gasteiger partial charge in [-0.3, -0.25) is 4.79 Å². The SMILES string of the molecule is C/C=C1/C(=O)C(O)=C(C)C1c1ccc(OC)cc1. The van der Waals surface area contributed by atoms with Gasteiger partial charge in [0, 0.05) is 11.5 Å². The predicted molar refractivity (Wildman–Crippen MR) is 69.8 cm³/mol. The average Bonchev–Trinajstić information content (AvgIpc) is 2.63. The Hall–Kier alpha value is -2.03. The molecule has 1 aromatic carbocycles. The van der Waals surface area contributed by atoms with E-state index in [9.17, 15) is 9.90 Å². The second kappa shape index (κ2) is 4.69. The van der Waals surface area contributed by atoms with Crippen LogP contribution in [0.4, 0.5) is 0 Å². The second-order valence-corrected chi connectivity index (χ2v) is 4.31. The maximum atomic E-state index is 11.9. The summed E-state index contributed by atoms with van der Waals surface area (Å²) in [5.74, 6) is 0.240. The fraction of sp³-hybridized carbons (Fsp3) is 0.267. The van der Waals surface area contributed by atoms with E-state index in [-0.39, 0.29) is 17.5 Å². The van der Waals surface area contributed by atoms with Gasteiger partial charge >= 0.3 is 0 Å². The van der Waals surface area contributed by atoms with Crippen LogP contribution < -0.4 is 4.74 Å². The van der Waals surface area contributed by atoms with Gasteiger partial charge in [-0.1, -0.05) is 18.2 Å². The summed E-state index contributed by atoms with van der Waals surface area (Å²) in [4.78, 5) is 11.9. The molecule has 3 heteroatoms. The largest absolute Gasteiger partial charge is 0.504 e. The fourth-order valence-electron chi connectivity index (χ4n) is 2.34. The lowest BCUT2D eigenvalue weighted by Gasteiger charge is -2.14. The van der Waals surface area contributed by atoms with Crippen molar-refractivity contribution in [2.24, 2.45) is 0 Å². The number of allylic oxidation sites excluding steroid dienone is 3. The smallest absolute Gasteiger partial charge is 0.223 e.